The molecule has 0 aromatic heterocycles. The van der Waals surface area contributed by atoms with Crippen LogP contribution in [-0.4, -0.2) is 148 Å². The largest absolute Gasteiger partial charge is 0.460 e. The molecule has 3 fully saturated rings. The number of carbonyl (C=O) groups is 5. The van der Waals surface area contributed by atoms with E-state index in [2.05, 4.69) is 4.72 Å². The third kappa shape index (κ3) is 17.4. The number of rotatable bonds is 12. The number of sulfonamides is 1. The maximum Gasteiger partial charge on any atom is 0.329 e. The predicted molar refractivity (Wildman–Crippen MR) is 295 cm³/mol. The van der Waals surface area contributed by atoms with Gasteiger partial charge in [-0.2, -0.15) is 0 Å². The molecule has 3 heterocycles. The zero-order valence-electron chi connectivity index (χ0n) is 48.0. The Hall–Kier alpha value is -4.24. The number of ketones is 3. The van der Waals surface area contributed by atoms with E-state index in [4.69, 9.17) is 28.4 Å². The average Bonchev–Trinajstić information content (AvgIpc) is 3.44. The summed E-state index contributed by atoms with van der Waals surface area (Å²) in [4.78, 5) is 72.9. The van der Waals surface area contributed by atoms with Crippen molar-refractivity contribution in [1.29, 1.82) is 0 Å². The molecule has 2 bridgehead atoms. The second-order valence-electron chi connectivity index (χ2n) is 22.6. The van der Waals surface area contributed by atoms with Gasteiger partial charge in [-0.3, -0.25) is 19.2 Å². The van der Waals surface area contributed by atoms with Crippen molar-refractivity contribution >= 4 is 39.2 Å². The van der Waals surface area contributed by atoms with Gasteiger partial charge < -0.3 is 43.5 Å². The van der Waals surface area contributed by atoms with Crippen LogP contribution in [0.3, 0.4) is 0 Å². The van der Waals surface area contributed by atoms with Gasteiger partial charge in [0, 0.05) is 65.0 Å². The predicted octanol–water partition coefficient (Wildman–Crippen LogP) is 7.49. The van der Waals surface area contributed by atoms with Gasteiger partial charge >= 0.3 is 5.97 Å². The minimum absolute atomic E-state index is 0.00185. The summed E-state index contributed by atoms with van der Waals surface area (Å²) < 4.78 is 64.5. The Bertz CT molecular complexity index is 2420. The summed E-state index contributed by atoms with van der Waals surface area (Å²) in [5.41, 5.74) is 2.18. The first kappa shape index (κ1) is 64.6. The normalized spacial score (nSPS) is 35.8. The lowest BCUT2D eigenvalue weighted by Crippen LogP contribution is -2.61. The molecule has 0 spiro atoms. The van der Waals surface area contributed by atoms with Crippen LogP contribution in [0.15, 0.2) is 76.8 Å². The molecule has 18 heteroatoms. The van der Waals surface area contributed by atoms with E-state index in [1.54, 1.807) is 72.3 Å². The van der Waals surface area contributed by atoms with Crippen molar-refractivity contribution < 1.29 is 71.0 Å². The fourth-order valence-electron chi connectivity index (χ4n) is 11.5. The Morgan fingerprint density at radius 1 is 0.833 bits per heavy atom. The number of ether oxygens (including phenoxy) is 6. The van der Waals surface area contributed by atoms with Crippen LogP contribution in [0, 0.1) is 42.4 Å². The van der Waals surface area contributed by atoms with E-state index in [-0.39, 0.29) is 73.0 Å². The number of allylic oxidation sites excluding steroid dienone is 6. The molecule has 15 atom stereocenters. The number of aliphatic hydroxyl groups excluding tert-OH is 1. The summed E-state index contributed by atoms with van der Waals surface area (Å²) in [7, 11) is 0.819. The molecule has 1 aromatic carbocycles. The molecule has 436 valence electrons. The molecule has 2 saturated heterocycles. The van der Waals surface area contributed by atoms with Crippen LogP contribution >= 0.6 is 0 Å². The number of Topliss-reactive ketones (excluding diaryl/α,β-unsaturated/α-hetero) is 3. The second-order valence-corrected chi connectivity index (χ2v) is 24.4. The molecule has 17 nitrogen and oxygen atoms in total. The molecule has 4 aliphatic rings. The smallest absolute Gasteiger partial charge is 0.329 e. The number of nitrogens with one attached hydrogen (secondary N) is 1. The molecule has 3 aliphatic heterocycles. The van der Waals surface area contributed by atoms with E-state index >= 15 is 0 Å². The Kier molecular flexibility index (Phi) is 24.8. The molecule has 0 radical (unpaired) electrons. The molecular formula is C60H90N2O15S. The lowest BCUT2D eigenvalue weighted by Gasteiger charge is -2.42. The van der Waals surface area contributed by atoms with Crippen molar-refractivity contribution in [2.45, 2.75) is 192 Å². The van der Waals surface area contributed by atoms with Crippen LogP contribution in [-0.2, 0) is 62.4 Å². The molecule has 78 heavy (non-hydrogen) atoms. The number of cyclic esters (lactones) is 1. The molecule has 1 amide bonds. The number of piperidine rings is 1. The minimum atomic E-state index is -3.72. The fourth-order valence-corrected chi connectivity index (χ4v) is 12.5. The summed E-state index contributed by atoms with van der Waals surface area (Å²) in [5, 5.41) is 23.6. The molecule has 3 N–H and O–H groups in total. The topological polar surface area (TPSA) is 231 Å². The molecule has 1 aliphatic carbocycles. The first-order chi connectivity index (χ1) is 36.9. The van der Waals surface area contributed by atoms with Crippen LogP contribution in [0.2, 0.25) is 0 Å². The van der Waals surface area contributed by atoms with E-state index in [0.717, 1.165) is 11.1 Å². The van der Waals surface area contributed by atoms with Crippen molar-refractivity contribution in [1.82, 2.24) is 9.62 Å². The summed E-state index contributed by atoms with van der Waals surface area (Å²) in [6.45, 7) is 14.7. The zero-order valence-corrected chi connectivity index (χ0v) is 48.8. The maximum atomic E-state index is 14.6. The fraction of sp³-hybridized carbons (Fsp3) is 0.683. The quantitative estimate of drug-likeness (QED) is 0.0797. The molecular weight excluding hydrogens is 1020 g/mol. The number of nitrogens with zero attached hydrogens (tertiary/aromatic N) is 1. The number of carbonyl (C=O) groups excluding carboxylic acids is 5. The maximum absolute atomic E-state index is 14.6. The monoisotopic (exact) mass is 1110 g/mol. The van der Waals surface area contributed by atoms with Gasteiger partial charge in [0.05, 0.1) is 35.9 Å². The van der Waals surface area contributed by atoms with Crippen LogP contribution in [0.5, 0.6) is 0 Å². The zero-order chi connectivity index (χ0) is 57.5. The second kappa shape index (κ2) is 30.0. The van der Waals surface area contributed by atoms with Crippen molar-refractivity contribution in [2.75, 3.05) is 41.0 Å². The molecule has 0 unspecified atom stereocenters. The van der Waals surface area contributed by atoms with Gasteiger partial charge in [-0.25, -0.2) is 17.9 Å². The molecule has 5 rings (SSSR count). The van der Waals surface area contributed by atoms with E-state index in [0.29, 0.717) is 69.8 Å². The Morgan fingerprint density at radius 3 is 2.23 bits per heavy atom. The number of methoxy groups -OCH3 is 3. The van der Waals surface area contributed by atoms with Gasteiger partial charge in [0.25, 0.3) is 11.7 Å². The SMILES string of the molecule is CO[C@H]1C[C@@H]2CC[C@@H](C)[C@@](O)(O2)C(=O)C(=O)N2CCCC[C@H]2C(=O)O[C@H]([C@H](C)C[C@H]2CC[C@@H](OCCNS(=O)(=O)c3ccc(C)cc3)[C@H](OC)C2)CC(=O)[C@H](C)/C=C(\C)[C@@H](O)[C@@H](OC)C(=O)[C@H](C)C[C@H](C)/C=C/C=C/C=C/1C. The number of amides is 1. The number of benzene rings is 1. The lowest BCUT2D eigenvalue weighted by atomic mass is 9.78. The Morgan fingerprint density at radius 2 is 1.55 bits per heavy atom. The number of aliphatic hydroxyl groups is 2. The Balaban J connectivity index is 1.40. The van der Waals surface area contributed by atoms with E-state index in [1.807, 2.05) is 58.1 Å². The number of hydrogen-bond acceptors (Lipinski definition) is 15. The number of esters is 1. The summed E-state index contributed by atoms with van der Waals surface area (Å²) in [5.74, 6) is -8.34. The molecule has 1 saturated carbocycles. The van der Waals surface area contributed by atoms with Crippen molar-refractivity contribution in [3.05, 3.63) is 77.4 Å². The summed E-state index contributed by atoms with van der Waals surface area (Å²) in [6.07, 6.45) is 11.1. The number of fused-ring (bicyclic) bond motifs is 3. The summed E-state index contributed by atoms with van der Waals surface area (Å²) >= 11 is 0. The van der Waals surface area contributed by atoms with Crippen LogP contribution < -0.4 is 4.72 Å². The van der Waals surface area contributed by atoms with Gasteiger partial charge in [0.1, 0.15) is 30.1 Å². The van der Waals surface area contributed by atoms with Crippen molar-refractivity contribution in [3.63, 3.8) is 0 Å². The Labute approximate surface area is 464 Å². The van der Waals surface area contributed by atoms with Crippen LogP contribution in [0.25, 0.3) is 0 Å². The van der Waals surface area contributed by atoms with Crippen molar-refractivity contribution in [2.24, 2.45) is 35.5 Å². The highest BCUT2D eigenvalue weighted by Gasteiger charge is 2.53. The van der Waals surface area contributed by atoms with Gasteiger partial charge in [-0.15, -0.1) is 0 Å². The summed E-state index contributed by atoms with van der Waals surface area (Å²) in [6, 6.07) is 5.41. The van der Waals surface area contributed by atoms with Gasteiger partial charge in [0.2, 0.25) is 15.8 Å². The van der Waals surface area contributed by atoms with Gasteiger partial charge in [-0.05, 0) is 126 Å². The minimum Gasteiger partial charge on any atom is -0.460 e. The standard InChI is InChI=1S/C60H90N2O15S/c1-37-20-25-47(26-21-37)78(70,71)61-28-30-75-50-27-23-45(34-53(50)73-10)33-41(5)52-36-49(63)40(4)32-43(7)55(65)56(74-11)54(64)42(6)31-38(2)17-13-12-14-18-39(3)51(72-9)35-46-24-22-44(8)60(69,77-46)57(66)58(67)62-29-16-15-19-48(62)59(68)76-52/h12-14,17-18,20-21,25-26,32,38,40-42,44-46,48,50-53,55-56,61,65,69H,15-16,19,22-24,27-31,33-36H2,1-11H3/b14-12+,17-13+,39-18+,43-32+/t38-,40-,41-,42-,44-,45-,46+,48+,50-,51+,52+,53-,55-,56+,60-/m1/s1. The van der Waals surface area contributed by atoms with E-state index in [1.165, 1.54) is 12.0 Å². The number of hydrogen-bond donors (Lipinski definition) is 3. The third-order valence-electron chi connectivity index (χ3n) is 16.5. The highest BCUT2D eigenvalue weighted by Crippen LogP contribution is 2.38. The van der Waals surface area contributed by atoms with Gasteiger partial charge in [0.15, 0.2) is 5.78 Å². The average molecular weight is 1110 g/mol. The van der Waals surface area contributed by atoms with Crippen molar-refractivity contribution in [3.8, 4) is 0 Å². The number of aryl methyl sites for hydroxylation is 1. The van der Waals surface area contributed by atoms with Crippen LogP contribution in [0.1, 0.15) is 131 Å². The first-order valence-electron chi connectivity index (χ1n) is 28.1. The highest BCUT2D eigenvalue weighted by molar-refractivity contribution is 7.89. The highest BCUT2D eigenvalue weighted by atomic mass is 32.2. The van der Waals surface area contributed by atoms with Gasteiger partial charge in [-0.1, -0.05) is 88.8 Å². The molecule has 1 aromatic rings. The first-order valence-corrected chi connectivity index (χ1v) is 29.6. The van der Waals surface area contributed by atoms with E-state index in [9.17, 15) is 42.6 Å². The van der Waals surface area contributed by atoms with E-state index < -0.39 is 93.7 Å². The lowest BCUT2D eigenvalue weighted by molar-refractivity contribution is -0.265. The van der Waals surface area contributed by atoms with Crippen LogP contribution in [0.4, 0.5) is 0 Å². The third-order valence-corrected chi connectivity index (χ3v) is 18.0.